The maximum Gasteiger partial charge on any atom is 0.307 e. The van der Waals surface area contributed by atoms with Crippen LogP contribution in [0.1, 0.15) is 18.1 Å². The van der Waals surface area contributed by atoms with E-state index in [0.29, 0.717) is 17.9 Å². The fourth-order valence-electron chi connectivity index (χ4n) is 2.44. The Balaban J connectivity index is 2.52. The Morgan fingerprint density at radius 3 is 2.54 bits per heavy atom. The molecule has 1 amide bonds. The van der Waals surface area contributed by atoms with Crippen molar-refractivity contribution < 1.29 is 19.4 Å². The van der Waals surface area contributed by atoms with E-state index in [-0.39, 0.29) is 12.3 Å². The molecule has 0 saturated heterocycles. The number of halogens is 1. The molecule has 6 heteroatoms. The Kier molecular flexibility index (Phi) is 5.98. The molecule has 2 N–H and O–H groups in total. The summed E-state index contributed by atoms with van der Waals surface area (Å²) in [5.41, 5.74) is 3.28. The van der Waals surface area contributed by atoms with Crippen LogP contribution < -0.4 is 10.1 Å². The van der Waals surface area contributed by atoms with Crippen molar-refractivity contribution in [3.8, 4) is 16.9 Å². The quantitative estimate of drug-likeness (QED) is 0.791. The summed E-state index contributed by atoms with van der Waals surface area (Å²) in [5.74, 6) is -0.358. The molecular weight excluding hydrogens is 374 g/mol. The third kappa shape index (κ3) is 4.58. The van der Waals surface area contributed by atoms with Crippen LogP contribution in [-0.2, 0) is 22.6 Å². The van der Waals surface area contributed by atoms with E-state index in [4.69, 9.17) is 9.84 Å². The molecule has 2 aromatic rings. The number of carbonyl (C=O) groups excluding carboxylic acids is 1. The zero-order valence-corrected chi connectivity index (χ0v) is 15.0. The van der Waals surface area contributed by atoms with Crippen LogP contribution in [0.15, 0.2) is 40.9 Å². The van der Waals surface area contributed by atoms with Gasteiger partial charge in [-0.3, -0.25) is 9.59 Å². The minimum absolute atomic E-state index is 0.0610. The van der Waals surface area contributed by atoms with Crippen LogP contribution in [0.3, 0.4) is 0 Å². The summed E-state index contributed by atoms with van der Waals surface area (Å²) in [6.07, 6.45) is -0.0610. The SMILES string of the molecule is COc1ccc(CC(=O)O)cc1-c1ccc(Br)cc1CNC(C)=O. The molecular formula is C18H18BrNO4. The number of hydrogen-bond acceptors (Lipinski definition) is 3. The molecule has 0 atom stereocenters. The summed E-state index contributed by atoms with van der Waals surface area (Å²) in [6, 6.07) is 11.1. The molecule has 0 spiro atoms. The monoisotopic (exact) mass is 391 g/mol. The predicted molar refractivity (Wildman–Crippen MR) is 95.0 cm³/mol. The molecule has 0 aromatic heterocycles. The molecule has 0 heterocycles. The first-order valence-electron chi connectivity index (χ1n) is 7.32. The van der Waals surface area contributed by atoms with E-state index in [1.54, 1.807) is 19.2 Å². The molecule has 0 fully saturated rings. The summed E-state index contributed by atoms with van der Waals surface area (Å²) in [5, 5.41) is 11.8. The second-order valence-electron chi connectivity index (χ2n) is 5.32. The first-order valence-corrected chi connectivity index (χ1v) is 8.12. The lowest BCUT2D eigenvalue weighted by Crippen LogP contribution is -2.19. The van der Waals surface area contributed by atoms with E-state index in [9.17, 15) is 9.59 Å². The van der Waals surface area contributed by atoms with Crippen LogP contribution in [0.5, 0.6) is 5.75 Å². The van der Waals surface area contributed by atoms with E-state index in [0.717, 1.165) is 21.2 Å². The number of benzene rings is 2. The number of ether oxygens (including phenoxy) is 1. The maximum absolute atomic E-state index is 11.2. The third-order valence-electron chi connectivity index (χ3n) is 3.50. The van der Waals surface area contributed by atoms with Gasteiger partial charge in [0.15, 0.2) is 0 Å². The summed E-state index contributed by atoms with van der Waals surface area (Å²) in [7, 11) is 1.57. The van der Waals surface area contributed by atoms with E-state index in [1.807, 2.05) is 24.3 Å². The van der Waals surface area contributed by atoms with Crippen molar-refractivity contribution >= 4 is 27.8 Å². The highest BCUT2D eigenvalue weighted by atomic mass is 79.9. The second kappa shape index (κ2) is 7.97. The van der Waals surface area contributed by atoms with Crippen LogP contribution in [0.2, 0.25) is 0 Å². The molecule has 0 aliphatic rings. The van der Waals surface area contributed by atoms with Crippen molar-refractivity contribution in [2.45, 2.75) is 19.9 Å². The normalized spacial score (nSPS) is 10.3. The van der Waals surface area contributed by atoms with Crippen LogP contribution in [0.25, 0.3) is 11.1 Å². The van der Waals surface area contributed by atoms with Gasteiger partial charge in [0.25, 0.3) is 0 Å². The number of methoxy groups -OCH3 is 1. The number of carboxylic acid groups (broad SMARTS) is 1. The van der Waals surface area contributed by atoms with Crippen molar-refractivity contribution in [3.05, 3.63) is 52.0 Å². The number of carboxylic acids is 1. The summed E-state index contributed by atoms with van der Waals surface area (Å²) in [6.45, 7) is 1.84. The Hall–Kier alpha value is -2.34. The van der Waals surface area contributed by atoms with E-state index in [2.05, 4.69) is 21.2 Å². The molecule has 0 bridgehead atoms. The van der Waals surface area contributed by atoms with Gasteiger partial charge in [-0.05, 0) is 41.0 Å². The number of carbonyl (C=O) groups is 2. The molecule has 2 aromatic carbocycles. The van der Waals surface area contributed by atoms with Gasteiger partial charge >= 0.3 is 5.97 Å². The highest BCUT2D eigenvalue weighted by Gasteiger charge is 2.13. The van der Waals surface area contributed by atoms with Crippen LogP contribution in [0, 0.1) is 0 Å². The summed E-state index contributed by atoms with van der Waals surface area (Å²) >= 11 is 3.44. The largest absolute Gasteiger partial charge is 0.496 e. The van der Waals surface area contributed by atoms with Gasteiger partial charge in [-0.2, -0.15) is 0 Å². The second-order valence-corrected chi connectivity index (χ2v) is 6.23. The Morgan fingerprint density at radius 1 is 1.17 bits per heavy atom. The lowest BCUT2D eigenvalue weighted by atomic mass is 9.96. The Labute approximate surface area is 148 Å². The highest BCUT2D eigenvalue weighted by Crippen LogP contribution is 2.34. The van der Waals surface area contributed by atoms with Gasteiger partial charge in [0, 0.05) is 23.5 Å². The van der Waals surface area contributed by atoms with Gasteiger partial charge in [-0.1, -0.05) is 28.1 Å². The number of amides is 1. The summed E-state index contributed by atoms with van der Waals surface area (Å²) < 4.78 is 6.32. The summed E-state index contributed by atoms with van der Waals surface area (Å²) in [4.78, 5) is 22.2. The van der Waals surface area contributed by atoms with E-state index >= 15 is 0 Å². The standard InChI is InChI=1S/C18H18BrNO4/c1-11(21)20-10-13-9-14(19)4-5-15(13)16-7-12(8-18(22)23)3-6-17(16)24-2/h3-7,9H,8,10H2,1-2H3,(H,20,21)(H,22,23). The predicted octanol–water partition coefficient (Wildman–Crippen LogP) is 3.39. The van der Waals surface area contributed by atoms with Gasteiger partial charge in [-0.25, -0.2) is 0 Å². The number of rotatable bonds is 6. The van der Waals surface area contributed by atoms with Crippen molar-refractivity contribution in [1.82, 2.24) is 5.32 Å². The topological polar surface area (TPSA) is 75.6 Å². The lowest BCUT2D eigenvalue weighted by Gasteiger charge is -2.15. The Morgan fingerprint density at radius 2 is 1.92 bits per heavy atom. The molecule has 0 saturated carbocycles. The third-order valence-corrected chi connectivity index (χ3v) is 4.00. The number of hydrogen-bond donors (Lipinski definition) is 2. The lowest BCUT2D eigenvalue weighted by molar-refractivity contribution is -0.136. The number of aliphatic carboxylic acids is 1. The Bertz CT molecular complexity index is 774. The highest BCUT2D eigenvalue weighted by molar-refractivity contribution is 9.10. The molecule has 0 radical (unpaired) electrons. The van der Waals surface area contributed by atoms with Crippen molar-refractivity contribution in [3.63, 3.8) is 0 Å². The average molecular weight is 392 g/mol. The molecule has 0 unspecified atom stereocenters. The maximum atomic E-state index is 11.2. The van der Waals surface area contributed by atoms with Gasteiger partial charge in [-0.15, -0.1) is 0 Å². The van der Waals surface area contributed by atoms with Crippen molar-refractivity contribution in [2.75, 3.05) is 7.11 Å². The zero-order chi connectivity index (χ0) is 17.7. The zero-order valence-electron chi connectivity index (χ0n) is 13.4. The fraction of sp³-hybridized carbons (Fsp3) is 0.222. The fourth-order valence-corrected chi connectivity index (χ4v) is 2.85. The van der Waals surface area contributed by atoms with E-state index < -0.39 is 5.97 Å². The van der Waals surface area contributed by atoms with Crippen LogP contribution in [-0.4, -0.2) is 24.1 Å². The van der Waals surface area contributed by atoms with Gasteiger partial charge in [0.05, 0.1) is 13.5 Å². The molecule has 0 aliphatic heterocycles. The van der Waals surface area contributed by atoms with Gasteiger partial charge in [0.2, 0.25) is 5.91 Å². The molecule has 0 aliphatic carbocycles. The molecule has 2 rings (SSSR count). The minimum Gasteiger partial charge on any atom is -0.496 e. The van der Waals surface area contributed by atoms with Gasteiger partial charge in [0.1, 0.15) is 5.75 Å². The van der Waals surface area contributed by atoms with E-state index in [1.165, 1.54) is 6.92 Å². The minimum atomic E-state index is -0.889. The van der Waals surface area contributed by atoms with Crippen molar-refractivity contribution in [1.29, 1.82) is 0 Å². The molecule has 126 valence electrons. The van der Waals surface area contributed by atoms with Crippen LogP contribution >= 0.6 is 15.9 Å². The van der Waals surface area contributed by atoms with Crippen LogP contribution in [0.4, 0.5) is 0 Å². The smallest absolute Gasteiger partial charge is 0.307 e. The number of nitrogens with one attached hydrogen (secondary N) is 1. The average Bonchev–Trinajstić information content (AvgIpc) is 2.52. The van der Waals surface area contributed by atoms with Crippen molar-refractivity contribution in [2.24, 2.45) is 0 Å². The van der Waals surface area contributed by atoms with Gasteiger partial charge < -0.3 is 15.2 Å². The molecule has 24 heavy (non-hydrogen) atoms. The first-order chi connectivity index (χ1) is 11.4. The first kappa shape index (κ1) is 18.0. The molecule has 5 nitrogen and oxygen atoms in total.